The summed E-state index contributed by atoms with van der Waals surface area (Å²) in [6, 6.07) is 6.05. The highest BCUT2D eigenvalue weighted by Gasteiger charge is 2.20. The summed E-state index contributed by atoms with van der Waals surface area (Å²) in [5.41, 5.74) is 3.15. The summed E-state index contributed by atoms with van der Waals surface area (Å²) in [5, 5.41) is 3.38. The molecule has 0 bridgehead atoms. The van der Waals surface area contributed by atoms with E-state index in [1.807, 2.05) is 12.1 Å². The second kappa shape index (κ2) is 6.12. The van der Waals surface area contributed by atoms with Gasteiger partial charge in [-0.1, -0.05) is 6.07 Å². The molecule has 0 saturated carbocycles. The Bertz CT molecular complexity index is 499. The predicted molar refractivity (Wildman–Crippen MR) is 80.8 cm³/mol. The summed E-state index contributed by atoms with van der Waals surface area (Å²) in [5.74, 6) is 0. The molecule has 2 heterocycles. The smallest absolute Gasteiger partial charge is 0.189 e. The molecule has 0 atom stereocenters. The van der Waals surface area contributed by atoms with Crippen LogP contribution in [0, 0.1) is 6.57 Å². The summed E-state index contributed by atoms with van der Waals surface area (Å²) in [6.07, 6.45) is 0. The first-order chi connectivity index (χ1) is 9.88. The van der Waals surface area contributed by atoms with Gasteiger partial charge in [-0.25, -0.2) is 4.85 Å². The number of benzene rings is 1. The van der Waals surface area contributed by atoms with Crippen LogP contribution in [-0.2, 0) is 4.74 Å². The summed E-state index contributed by atoms with van der Waals surface area (Å²) in [7, 11) is 0. The normalized spacial score (nSPS) is 19.8. The summed E-state index contributed by atoms with van der Waals surface area (Å²) in [6.45, 7) is 14.7. The summed E-state index contributed by atoms with van der Waals surface area (Å²) >= 11 is 0. The number of nitrogens with zero attached hydrogens (tertiary/aromatic N) is 3. The van der Waals surface area contributed by atoms with Crippen molar-refractivity contribution >= 4 is 17.1 Å². The van der Waals surface area contributed by atoms with Crippen molar-refractivity contribution in [3.63, 3.8) is 0 Å². The number of hydrogen-bond acceptors (Lipinski definition) is 4. The maximum absolute atomic E-state index is 7.23. The van der Waals surface area contributed by atoms with E-state index in [9.17, 15) is 0 Å². The van der Waals surface area contributed by atoms with Gasteiger partial charge in [-0.05, 0) is 12.1 Å². The minimum atomic E-state index is 0.713. The van der Waals surface area contributed by atoms with Gasteiger partial charge in [-0.3, -0.25) is 0 Å². The number of anilines is 2. The van der Waals surface area contributed by atoms with E-state index in [0.717, 1.165) is 52.5 Å². The Balaban J connectivity index is 1.92. The van der Waals surface area contributed by atoms with Gasteiger partial charge in [0.1, 0.15) is 0 Å². The molecule has 5 heteroatoms. The Morgan fingerprint density at radius 1 is 1.00 bits per heavy atom. The molecule has 0 radical (unpaired) electrons. The van der Waals surface area contributed by atoms with Crippen molar-refractivity contribution in [2.24, 2.45) is 0 Å². The average molecular weight is 272 g/mol. The molecular weight excluding hydrogens is 252 g/mol. The molecule has 0 aromatic heterocycles. The Kier molecular flexibility index (Phi) is 4.05. The van der Waals surface area contributed by atoms with E-state index in [1.165, 1.54) is 11.4 Å². The van der Waals surface area contributed by atoms with Gasteiger partial charge in [0, 0.05) is 45.0 Å². The van der Waals surface area contributed by atoms with Crippen molar-refractivity contribution in [2.45, 2.75) is 0 Å². The van der Waals surface area contributed by atoms with Crippen molar-refractivity contribution in [3.05, 3.63) is 29.6 Å². The van der Waals surface area contributed by atoms with E-state index in [2.05, 4.69) is 26.0 Å². The highest BCUT2D eigenvalue weighted by atomic mass is 16.5. The zero-order chi connectivity index (χ0) is 13.8. The Morgan fingerprint density at radius 2 is 1.70 bits per heavy atom. The quantitative estimate of drug-likeness (QED) is 0.827. The van der Waals surface area contributed by atoms with E-state index >= 15 is 0 Å². The van der Waals surface area contributed by atoms with Crippen LogP contribution in [0.25, 0.3) is 4.85 Å². The molecular formula is C15H20N4O. The number of rotatable bonds is 2. The lowest BCUT2D eigenvalue weighted by Gasteiger charge is -2.36. The fraction of sp³-hybridized carbons (Fsp3) is 0.533. The van der Waals surface area contributed by atoms with Gasteiger partial charge in [0.05, 0.1) is 25.5 Å². The lowest BCUT2D eigenvalue weighted by molar-refractivity contribution is 0.122. The summed E-state index contributed by atoms with van der Waals surface area (Å²) in [4.78, 5) is 8.33. The third-order valence-electron chi connectivity index (χ3n) is 3.90. The SMILES string of the molecule is [C-]#[N+]c1ccc(N2CCNCC2)c(N2CCOCC2)c1. The number of nitrogens with one attached hydrogen (secondary N) is 1. The van der Waals surface area contributed by atoms with Crippen molar-refractivity contribution in [2.75, 3.05) is 62.3 Å². The first-order valence-electron chi connectivity index (χ1n) is 7.18. The molecule has 0 spiro atoms. The molecule has 1 N–H and O–H groups in total. The molecule has 2 aliphatic rings. The molecule has 1 aromatic rings. The van der Waals surface area contributed by atoms with E-state index in [0.29, 0.717) is 5.69 Å². The van der Waals surface area contributed by atoms with Crippen LogP contribution < -0.4 is 15.1 Å². The van der Waals surface area contributed by atoms with Gasteiger partial charge in [0.2, 0.25) is 0 Å². The summed E-state index contributed by atoms with van der Waals surface area (Å²) < 4.78 is 5.44. The van der Waals surface area contributed by atoms with Crippen LogP contribution in [0.3, 0.4) is 0 Å². The Morgan fingerprint density at radius 3 is 2.40 bits per heavy atom. The maximum Gasteiger partial charge on any atom is 0.189 e. The zero-order valence-electron chi connectivity index (χ0n) is 11.6. The van der Waals surface area contributed by atoms with Gasteiger partial charge < -0.3 is 19.9 Å². The Hall–Kier alpha value is -1.77. The fourth-order valence-electron chi connectivity index (χ4n) is 2.81. The molecule has 106 valence electrons. The molecule has 2 saturated heterocycles. The monoisotopic (exact) mass is 272 g/mol. The number of morpholine rings is 1. The second-order valence-electron chi connectivity index (χ2n) is 5.12. The predicted octanol–water partition coefficient (Wildman–Crippen LogP) is 1.48. The Labute approximate surface area is 119 Å². The zero-order valence-corrected chi connectivity index (χ0v) is 11.6. The first-order valence-corrected chi connectivity index (χ1v) is 7.18. The minimum absolute atomic E-state index is 0.713. The van der Waals surface area contributed by atoms with Crippen LogP contribution in [0.4, 0.5) is 17.1 Å². The van der Waals surface area contributed by atoms with Crippen molar-refractivity contribution in [1.29, 1.82) is 0 Å². The first kappa shape index (κ1) is 13.2. The van der Waals surface area contributed by atoms with Crippen molar-refractivity contribution in [1.82, 2.24) is 5.32 Å². The highest BCUT2D eigenvalue weighted by molar-refractivity contribution is 5.76. The van der Waals surface area contributed by atoms with Crippen molar-refractivity contribution in [3.8, 4) is 0 Å². The standard InChI is InChI=1S/C15H20N4O/c1-16-13-2-3-14(18-6-4-17-5-7-18)15(12-13)19-8-10-20-11-9-19/h2-3,12,17H,4-11H2. The molecule has 0 unspecified atom stereocenters. The number of hydrogen-bond donors (Lipinski definition) is 1. The molecule has 2 aliphatic heterocycles. The lowest BCUT2D eigenvalue weighted by Crippen LogP contribution is -2.44. The van der Waals surface area contributed by atoms with E-state index in [4.69, 9.17) is 11.3 Å². The molecule has 2 fully saturated rings. The molecule has 20 heavy (non-hydrogen) atoms. The van der Waals surface area contributed by atoms with Crippen LogP contribution in [-0.4, -0.2) is 52.5 Å². The van der Waals surface area contributed by atoms with Crippen LogP contribution in [0.2, 0.25) is 0 Å². The van der Waals surface area contributed by atoms with Gasteiger partial charge in [-0.15, -0.1) is 0 Å². The number of piperazine rings is 1. The van der Waals surface area contributed by atoms with Gasteiger partial charge >= 0.3 is 0 Å². The molecule has 3 rings (SSSR count). The van der Waals surface area contributed by atoms with Crippen molar-refractivity contribution < 1.29 is 4.74 Å². The highest BCUT2D eigenvalue weighted by Crippen LogP contribution is 2.34. The molecule has 5 nitrogen and oxygen atoms in total. The van der Waals surface area contributed by atoms with E-state index < -0.39 is 0 Å². The van der Waals surface area contributed by atoms with Gasteiger partial charge in [0.15, 0.2) is 5.69 Å². The van der Waals surface area contributed by atoms with Crippen LogP contribution in [0.1, 0.15) is 0 Å². The topological polar surface area (TPSA) is 32.1 Å². The third kappa shape index (κ3) is 2.72. The van der Waals surface area contributed by atoms with Crippen LogP contribution in [0.15, 0.2) is 18.2 Å². The minimum Gasteiger partial charge on any atom is -0.378 e. The average Bonchev–Trinajstić information content (AvgIpc) is 2.56. The van der Waals surface area contributed by atoms with Crippen LogP contribution in [0.5, 0.6) is 0 Å². The second-order valence-corrected chi connectivity index (χ2v) is 5.12. The van der Waals surface area contributed by atoms with Gasteiger partial charge in [0.25, 0.3) is 0 Å². The van der Waals surface area contributed by atoms with Crippen LogP contribution >= 0.6 is 0 Å². The number of ether oxygens (including phenoxy) is 1. The molecule has 0 aliphatic carbocycles. The van der Waals surface area contributed by atoms with Gasteiger partial charge in [-0.2, -0.15) is 0 Å². The fourth-order valence-corrected chi connectivity index (χ4v) is 2.81. The lowest BCUT2D eigenvalue weighted by atomic mass is 10.1. The van der Waals surface area contributed by atoms with E-state index in [1.54, 1.807) is 0 Å². The maximum atomic E-state index is 7.23. The molecule has 1 aromatic carbocycles. The largest absolute Gasteiger partial charge is 0.378 e. The molecule has 0 amide bonds. The third-order valence-corrected chi connectivity index (χ3v) is 3.90. The van der Waals surface area contributed by atoms with E-state index in [-0.39, 0.29) is 0 Å².